The van der Waals surface area contributed by atoms with Crippen molar-refractivity contribution >= 4 is 0 Å². The van der Waals surface area contributed by atoms with E-state index >= 15 is 0 Å². The van der Waals surface area contributed by atoms with E-state index in [9.17, 15) is 0 Å². The molecule has 5 nitrogen and oxygen atoms in total. The van der Waals surface area contributed by atoms with Crippen molar-refractivity contribution in [1.82, 2.24) is 19.4 Å². The molecule has 0 N–H and O–H groups in total. The van der Waals surface area contributed by atoms with Crippen molar-refractivity contribution < 1.29 is 4.74 Å². The average molecular weight is 284 g/mol. The summed E-state index contributed by atoms with van der Waals surface area (Å²) in [4.78, 5) is 10.9. The standard InChI is InChI=1S/C16H20N4O/c1-4-13(5-1)20-10-14-6-2-9-19(14)11-15(12-20)21-16-17-7-3-8-18-16/h2-3,6-9,13,15H,1,4-5,10-12H2/t15-/m1/s1. The van der Waals surface area contributed by atoms with Gasteiger partial charge in [-0.2, -0.15) is 0 Å². The normalized spacial score (nSPS) is 23.1. The zero-order valence-corrected chi connectivity index (χ0v) is 12.1. The van der Waals surface area contributed by atoms with Crippen molar-refractivity contribution in [3.63, 3.8) is 0 Å². The molecular weight excluding hydrogens is 264 g/mol. The van der Waals surface area contributed by atoms with Crippen LogP contribution in [0, 0.1) is 0 Å². The van der Waals surface area contributed by atoms with E-state index in [0.29, 0.717) is 12.1 Å². The molecule has 1 saturated carbocycles. The van der Waals surface area contributed by atoms with Crippen LogP contribution in [0.4, 0.5) is 0 Å². The Kier molecular flexibility index (Phi) is 3.35. The van der Waals surface area contributed by atoms with Gasteiger partial charge >= 0.3 is 6.01 Å². The van der Waals surface area contributed by atoms with Crippen molar-refractivity contribution in [2.24, 2.45) is 0 Å². The fourth-order valence-corrected chi connectivity index (χ4v) is 3.18. The second kappa shape index (κ2) is 5.48. The smallest absolute Gasteiger partial charge is 0.316 e. The Hall–Kier alpha value is -1.88. The molecule has 110 valence electrons. The lowest BCUT2D eigenvalue weighted by atomic mass is 9.91. The van der Waals surface area contributed by atoms with Crippen LogP contribution in [0.25, 0.3) is 0 Å². The molecule has 2 aromatic rings. The van der Waals surface area contributed by atoms with Gasteiger partial charge in [0.05, 0.1) is 6.54 Å². The van der Waals surface area contributed by atoms with Gasteiger partial charge in [-0.05, 0) is 31.0 Å². The molecular formula is C16H20N4O. The van der Waals surface area contributed by atoms with E-state index in [2.05, 4.69) is 37.8 Å². The predicted molar refractivity (Wildman–Crippen MR) is 78.9 cm³/mol. The fraction of sp³-hybridized carbons (Fsp3) is 0.500. The molecule has 0 saturated heterocycles. The molecule has 0 amide bonds. The summed E-state index contributed by atoms with van der Waals surface area (Å²) in [7, 11) is 0. The van der Waals surface area contributed by atoms with Crippen molar-refractivity contribution in [2.75, 3.05) is 6.54 Å². The third-order valence-corrected chi connectivity index (χ3v) is 4.53. The number of hydrogen-bond acceptors (Lipinski definition) is 4. The van der Waals surface area contributed by atoms with Crippen LogP contribution in [0.2, 0.25) is 0 Å². The summed E-state index contributed by atoms with van der Waals surface area (Å²) < 4.78 is 8.32. The summed E-state index contributed by atoms with van der Waals surface area (Å²) in [5.41, 5.74) is 1.38. The topological polar surface area (TPSA) is 43.2 Å². The molecule has 0 aromatic carbocycles. The minimum Gasteiger partial charge on any atom is -0.457 e. The molecule has 2 aromatic heterocycles. The molecule has 0 unspecified atom stereocenters. The Labute approximate surface area is 124 Å². The molecule has 1 aliphatic heterocycles. The van der Waals surface area contributed by atoms with Crippen molar-refractivity contribution in [3.8, 4) is 6.01 Å². The van der Waals surface area contributed by atoms with Crippen LogP contribution in [0.3, 0.4) is 0 Å². The van der Waals surface area contributed by atoms with Crippen LogP contribution in [-0.2, 0) is 13.1 Å². The van der Waals surface area contributed by atoms with E-state index in [-0.39, 0.29) is 6.10 Å². The Morgan fingerprint density at radius 3 is 2.71 bits per heavy atom. The number of nitrogens with zero attached hydrogens (tertiary/aromatic N) is 4. The molecule has 4 rings (SSSR count). The number of hydrogen-bond donors (Lipinski definition) is 0. The van der Waals surface area contributed by atoms with Crippen LogP contribution in [0.5, 0.6) is 6.01 Å². The maximum Gasteiger partial charge on any atom is 0.316 e. The number of fused-ring (bicyclic) bond motifs is 1. The highest BCUT2D eigenvalue weighted by molar-refractivity contribution is 5.10. The van der Waals surface area contributed by atoms with Gasteiger partial charge in [0.25, 0.3) is 0 Å². The zero-order chi connectivity index (χ0) is 14.1. The van der Waals surface area contributed by atoms with E-state index in [1.54, 1.807) is 12.4 Å². The van der Waals surface area contributed by atoms with Crippen LogP contribution >= 0.6 is 0 Å². The highest BCUT2D eigenvalue weighted by Gasteiger charge is 2.31. The van der Waals surface area contributed by atoms with E-state index in [1.165, 1.54) is 25.0 Å². The number of rotatable bonds is 3. The van der Waals surface area contributed by atoms with E-state index in [0.717, 1.165) is 19.6 Å². The minimum absolute atomic E-state index is 0.0987. The van der Waals surface area contributed by atoms with Gasteiger partial charge in [0.1, 0.15) is 6.10 Å². The Balaban J connectivity index is 1.55. The van der Waals surface area contributed by atoms with E-state index in [1.807, 2.05) is 6.07 Å². The molecule has 1 fully saturated rings. The summed E-state index contributed by atoms with van der Waals surface area (Å²) in [6.07, 6.45) is 9.68. The Morgan fingerprint density at radius 1 is 1.10 bits per heavy atom. The molecule has 1 atom stereocenters. The largest absolute Gasteiger partial charge is 0.457 e. The van der Waals surface area contributed by atoms with Gasteiger partial charge in [0, 0.05) is 43.4 Å². The third kappa shape index (κ3) is 2.65. The first-order valence-corrected chi connectivity index (χ1v) is 7.70. The molecule has 2 aliphatic rings. The first kappa shape index (κ1) is 12.8. The third-order valence-electron chi connectivity index (χ3n) is 4.53. The second-order valence-corrected chi connectivity index (χ2v) is 5.94. The molecule has 1 aliphatic carbocycles. The zero-order valence-electron chi connectivity index (χ0n) is 12.1. The minimum atomic E-state index is 0.0987. The Bertz CT molecular complexity index is 593. The first-order chi connectivity index (χ1) is 10.4. The highest BCUT2D eigenvalue weighted by Crippen LogP contribution is 2.28. The van der Waals surface area contributed by atoms with E-state index < -0.39 is 0 Å². The van der Waals surface area contributed by atoms with Gasteiger partial charge in [0.15, 0.2) is 0 Å². The van der Waals surface area contributed by atoms with Gasteiger partial charge in [-0.15, -0.1) is 0 Å². The van der Waals surface area contributed by atoms with Crippen LogP contribution in [0.1, 0.15) is 25.0 Å². The van der Waals surface area contributed by atoms with Crippen molar-refractivity contribution in [2.45, 2.75) is 44.5 Å². The van der Waals surface area contributed by atoms with Crippen molar-refractivity contribution in [3.05, 3.63) is 42.5 Å². The summed E-state index contributed by atoms with van der Waals surface area (Å²) in [5.74, 6) is 0. The van der Waals surface area contributed by atoms with Gasteiger partial charge in [-0.1, -0.05) is 6.42 Å². The van der Waals surface area contributed by atoms with Gasteiger partial charge < -0.3 is 9.30 Å². The molecule has 5 heteroatoms. The molecule has 3 heterocycles. The monoisotopic (exact) mass is 284 g/mol. The molecule has 0 spiro atoms. The van der Waals surface area contributed by atoms with Gasteiger partial charge in [-0.25, -0.2) is 9.97 Å². The predicted octanol–water partition coefficient (Wildman–Crippen LogP) is 2.09. The fourth-order valence-electron chi connectivity index (χ4n) is 3.18. The Morgan fingerprint density at radius 2 is 1.95 bits per heavy atom. The number of aromatic nitrogens is 3. The van der Waals surface area contributed by atoms with Crippen molar-refractivity contribution in [1.29, 1.82) is 0 Å². The van der Waals surface area contributed by atoms with Gasteiger partial charge in [0.2, 0.25) is 0 Å². The van der Waals surface area contributed by atoms with Crippen LogP contribution < -0.4 is 4.74 Å². The summed E-state index contributed by atoms with van der Waals surface area (Å²) in [5, 5.41) is 0. The molecule has 21 heavy (non-hydrogen) atoms. The van der Waals surface area contributed by atoms with Crippen LogP contribution in [0.15, 0.2) is 36.8 Å². The lowest BCUT2D eigenvalue weighted by molar-refractivity contribution is 0.0636. The lowest BCUT2D eigenvalue weighted by Gasteiger charge is -2.37. The molecule has 0 radical (unpaired) electrons. The first-order valence-electron chi connectivity index (χ1n) is 7.70. The lowest BCUT2D eigenvalue weighted by Crippen LogP contribution is -2.44. The number of ether oxygens (including phenoxy) is 1. The SMILES string of the molecule is c1cnc(O[C@H]2CN(C3CCC3)Cc3cccn3C2)nc1. The maximum absolute atomic E-state index is 6.03. The van der Waals surface area contributed by atoms with Crippen LogP contribution in [-0.4, -0.2) is 38.1 Å². The quantitative estimate of drug-likeness (QED) is 0.865. The summed E-state index contributed by atoms with van der Waals surface area (Å²) >= 11 is 0. The molecule has 0 bridgehead atoms. The summed E-state index contributed by atoms with van der Waals surface area (Å²) in [6.45, 7) is 2.83. The highest BCUT2D eigenvalue weighted by atomic mass is 16.5. The summed E-state index contributed by atoms with van der Waals surface area (Å²) in [6, 6.07) is 7.34. The second-order valence-electron chi connectivity index (χ2n) is 5.94. The van der Waals surface area contributed by atoms with Gasteiger partial charge in [-0.3, -0.25) is 4.90 Å². The average Bonchev–Trinajstić information content (AvgIpc) is 2.78. The maximum atomic E-state index is 6.03. The van der Waals surface area contributed by atoms with E-state index in [4.69, 9.17) is 4.74 Å².